The Balaban J connectivity index is 1.62. The summed E-state index contributed by atoms with van der Waals surface area (Å²) in [5.74, 6) is 0. The number of aryl methyl sites for hydroxylation is 3. The molecular formula is C23H29NO2. The molecule has 138 valence electrons. The van der Waals surface area contributed by atoms with Gasteiger partial charge in [-0.1, -0.05) is 42.5 Å². The van der Waals surface area contributed by atoms with Gasteiger partial charge in [-0.3, -0.25) is 4.90 Å². The highest BCUT2D eigenvalue weighted by Gasteiger charge is 2.47. The van der Waals surface area contributed by atoms with Gasteiger partial charge >= 0.3 is 0 Å². The van der Waals surface area contributed by atoms with Gasteiger partial charge in [0, 0.05) is 18.6 Å². The number of fused-ring (bicyclic) bond motifs is 2. The summed E-state index contributed by atoms with van der Waals surface area (Å²) in [6, 6.07) is 15.6. The second-order valence-electron chi connectivity index (χ2n) is 8.19. The zero-order valence-electron chi connectivity index (χ0n) is 16.0. The molecule has 0 radical (unpaired) electrons. The fourth-order valence-corrected chi connectivity index (χ4v) is 4.78. The number of hydrogen-bond donors (Lipinski definition) is 1. The van der Waals surface area contributed by atoms with Crippen LogP contribution in [-0.2, 0) is 16.9 Å². The Hall–Kier alpha value is -1.68. The Labute approximate surface area is 156 Å². The summed E-state index contributed by atoms with van der Waals surface area (Å²) in [5, 5.41) is 11.6. The number of morpholine rings is 1. The number of aliphatic hydroxyl groups is 1. The van der Waals surface area contributed by atoms with E-state index in [1.807, 2.05) is 0 Å². The lowest BCUT2D eigenvalue weighted by atomic mass is 9.74. The van der Waals surface area contributed by atoms with Gasteiger partial charge in [0.15, 0.2) is 0 Å². The summed E-state index contributed by atoms with van der Waals surface area (Å²) in [6.07, 6.45) is 1.47. The molecule has 26 heavy (non-hydrogen) atoms. The summed E-state index contributed by atoms with van der Waals surface area (Å²) < 4.78 is 5.85. The van der Waals surface area contributed by atoms with Crippen LogP contribution in [0.3, 0.4) is 0 Å². The molecule has 2 aliphatic rings. The molecule has 2 saturated heterocycles. The molecule has 2 bridgehead atoms. The van der Waals surface area contributed by atoms with Crippen molar-refractivity contribution in [3.63, 3.8) is 0 Å². The fraction of sp³-hybridized carbons (Fsp3) is 0.478. The van der Waals surface area contributed by atoms with E-state index >= 15 is 0 Å². The van der Waals surface area contributed by atoms with Gasteiger partial charge in [0.25, 0.3) is 0 Å². The van der Waals surface area contributed by atoms with E-state index in [9.17, 15) is 5.11 Å². The maximum Gasteiger partial charge on any atom is 0.0930 e. The van der Waals surface area contributed by atoms with Crippen molar-refractivity contribution in [1.29, 1.82) is 0 Å². The minimum atomic E-state index is -0.755. The van der Waals surface area contributed by atoms with E-state index in [0.717, 1.165) is 24.9 Å². The number of hydrogen-bond acceptors (Lipinski definition) is 3. The highest BCUT2D eigenvalue weighted by Crippen LogP contribution is 2.43. The molecule has 2 unspecified atom stereocenters. The zero-order chi connectivity index (χ0) is 18.3. The van der Waals surface area contributed by atoms with Gasteiger partial charge in [0.2, 0.25) is 0 Å². The summed E-state index contributed by atoms with van der Waals surface area (Å²) in [4.78, 5) is 2.55. The van der Waals surface area contributed by atoms with Crippen LogP contribution in [0, 0.1) is 20.8 Å². The van der Waals surface area contributed by atoms with E-state index in [0.29, 0.717) is 13.2 Å². The van der Waals surface area contributed by atoms with Gasteiger partial charge in [-0.15, -0.1) is 0 Å². The van der Waals surface area contributed by atoms with Crippen LogP contribution < -0.4 is 0 Å². The Bertz CT molecular complexity index is 772. The van der Waals surface area contributed by atoms with Crippen molar-refractivity contribution >= 4 is 0 Å². The molecule has 1 N–H and O–H groups in total. The molecule has 2 aromatic carbocycles. The summed E-state index contributed by atoms with van der Waals surface area (Å²) in [7, 11) is 0. The highest BCUT2D eigenvalue weighted by atomic mass is 16.5. The molecule has 4 rings (SSSR count). The maximum absolute atomic E-state index is 11.6. The van der Waals surface area contributed by atoms with Crippen molar-refractivity contribution in [1.82, 2.24) is 4.90 Å². The minimum absolute atomic E-state index is 0.258. The largest absolute Gasteiger partial charge is 0.385 e. The van der Waals surface area contributed by atoms with Crippen molar-refractivity contribution < 1.29 is 9.84 Å². The molecule has 2 fully saturated rings. The van der Waals surface area contributed by atoms with Crippen molar-refractivity contribution in [2.24, 2.45) is 0 Å². The lowest BCUT2D eigenvalue weighted by Crippen LogP contribution is -2.60. The van der Waals surface area contributed by atoms with Crippen LogP contribution in [0.4, 0.5) is 0 Å². The third-order valence-electron chi connectivity index (χ3n) is 6.26. The van der Waals surface area contributed by atoms with E-state index in [1.54, 1.807) is 0 Å². The number of nitrogens with zero attached hydrogens (tertiary/aromatic N) is 1. The third-order valence-corrected chi connectivity index (χ3v) is 6.26. The van der Waals surface area contributed by atoms with Crippen LogP contribution in [0.15, 0.2) is 42.5 Å². The van der Waals surface area contributed by atoms with Crippen LogP contribution >= 0.6 is 0 Å². The number of rotatable bonds is 3. The normalized spacial score (nSPS) is 28.9. The lowest BCUT2D eigenvalue weighted by Gasteiger charge is -2.52. The standard InChI is InChI=1S/C23H29NO2/c1-16-9-18(3)22(10-17(16)2)23(25)11-20-14-26-15-21(12-23)24(20)13-19-7-5-4-6-8-19/h4-10,20-21,25H,11-15H2,1-3H3. The molecule has 0 saturated carbocycles. The average Bonchev–Trinajstić information content (AvgIpc) is 2.60. The SMILES string of the molecule is Cc1cc(C)c(C2(O)CC3COCC(C2)N3Cc2ccccc2)cc1C. The predicted octanol–water partition coefficient (Wildman–Crippen LogP) is 3.86. The quantitative estimate of drug-likeness (QED) is 0.911. The van der Waals surface area contributed by atoms with Gasteiger partial charge in [-0.25, -0.2) is 0 Å². The van der Waals surface area contributed by atoms with Crippen LogP contribution in [0.25, 0.3) is 0 Å². The average molecular weight is 351 g/mol. The molecule has 2 aromatic rings. The van der Waals surface area contributed by atoms with E-state index in [1.165, 1.54) is 22.3 Å². The number of ether oxygens (including phenoxy) is 1. The van der Waals surface area contributed by atoms with Gasteiger partial charge in [-0.05, 0) is 61.4 Å². The van der Waals surface area contributed by atoms with E-state index < -0.39 is 5.60 Å². The van der Waals surface area contributed by atoms with Crippen molar-refractivity contribution in [3.05, 3.63) is 70.3 Å². The Morgan fingerprint density at radius 1 is 0.962 bits per heavy atom. The molecule has 3 heteroatoms. The summed E-state index contributed by atoms with van der Waals surface area (Å²) >= 11 is 0. The van der Waals surface area contributed by atoms with Crippen LogP contribution in [0.1, 0.15) is 40.7 Å². The van der Waals surface area contributed by atoms with Crippen molar-refractivity contribution in [2.75, 3.05) is 13.2 Å². The van der Waals surface area contributed by atoms with E-state index in [4.69, 9.17) is 4.74 Å². The lowest BCUT2D eigenvalue weighted by molar-refractivity contribution is -0.149. The molecular weight excluding hydrogens is 322 g/mol. The van der Waals surface area contributed by atoms with Crippen LogP contribution in [-0.4, -0.2) is 35.3 Å². The molecule has 2 heterocycles. The molecule has 3 nitrogen and oxygen atoms in total. The van der Waals surface area contributed by atoms with Gasteiger partial charge in [0.05, 0.1) is 18.8 Å². The Kier molecular flexibility index (Phi) is 4.64. The molecule has 0 aliphatic carbocycles. The molecule has 2 atom stereocenters. The highest BCUT2D eigenvalue weighted by molar-refractivity contribution is 5.40. The first-order chi connectivity index (χ1) is 12.5. The summed E-state index contributed by atoms with van der Waals surface area (Å²) in [6.45, 7) is 8.74. The van der Waals surface area contributed by atoms with Crippen LogP contribution in [0.5, 0.6) is 0 Å². The predicted molar refractivity (Wildman–Crippen MR) is 104 cm³/mol. The van der Waals surface area contributed by atoms with Crippen molar-refractivity contribution in [3.8, 4) is 0 Å². The first-order valence-corrected chi connectivity index (χ1v) is 9.64. The molecule has 0 spiro atoms. The monoisotopic (exact) mass is 351 g/mol. The van der Waals surface area contributed by atoms with Gasteiger partial charge in [0.1, 0.15) is 0 Å². The van der Waals surface area contributed by atoms with Crippen molar-refractivity contribution in [2.45, 2.75) is 57.8 Å². The third kappa shape index (κ3) is 3.20. The van der Waals surface area contributed by atoms with E-state index in [-0.39, 0.29) is 12.1 Å². The maximum atomic E-state index is 11.6. The summed E-state index contributed by atoms with van der Waals surface area (Å²) in [5.41, 5.74) is 5.43. The fourth-order valence-electron chi connectivity index (χ4n) is 4.78. The van der Waals surface area contributed by atoms with E-state index in [2.05, 4.69) is 68.1 Å². The zero-order valence-corrected chi connectivity index (χ0v) is 16.0. The topological polar surface area (TPSA) is 32.7 Å². The Morgan fingerprint density at radius 2 is 1.58 bits per heavy atom. The first-order valence-electron chi connectivity index (χ1n) is 9.64. The second-order valence-corrected chi connectivity index (χ2v) is 8.19. The first kappa shape index (κ1) is 17.7. The second kappa shape index (κ2) is 6.80. The molecule has 0 amide bonds. The number of benzene rings is 2. The number of piperidine rings is 1. The smallest absolute Gasteiger partial charge is 0.0930 e. The minimum Gasteiger partial charge on any atom is -0.385 e. The van der Waals surface area contributed by atoms with Crippen LogP contribution in [0.2, 0.25) is 0 Å². The molecule has 0 aromatic heterocycles. The van der Waals surface area contributed by atoms with Gasteiger partial charge < -0.3 is 9.84 Å². The van der Waals surface area contributed by atoms with Gasteiger partial charge in [-0.2, -0.15) is 0 Å². The Morgan fingerprint density at radius 3 is 2.23 bits per heavy atom. The molecule has 2 aliphatic heterocycles.